The van der Waals surface area contributed by atoms with Gasteiger partial charge in [-0.1, -0.05) is 31.2 Å². The summed E-state index contributed by atoms with van der Waals surface area (Å²) in [5.74, 6) is -1.54. The lowest BCUT2D eigenvalue weighted by Gasteiger charge is -2.20. The zero-order chi connectivity index (χ0) is 21.7. The third kappa shape index (κ3) is 4.84. The fourth-order valence-corrected chi connectivity index (χ4v) is 3.53. The first-order valence-corrected chi connectivity index (χ1v) is 10.1. The van der Waals surface area contributed by atoms with E-state index in [-0.39, 0.29) is 36.9 Å². The monoisotopic (exact) mass is 411 g/mol. The lowest BCUT2D eigenvalue weighted by molar-refractivity contribution is -0.126. The van der Waals surface area contributed by atoms with E-state index in [1.54, 1.807) is 24.0 Å². The number of carbonyl (C=O) groups is 3. The van der Waals surface area contributed by atoms with Crippen LogP contribution in [0.2, 0.25) is 0 Å². The minimum absolute atomic E-state index is 0.0641. The van der Waals surface area contributed by atoms with Crippen molar-refractivity contribution in [3.05, 3.63) is 65.0 Å². The van der Waals surface area contributed by atoms with Crippen molar-refractivity contribution in [2.24, 2.45) is 5.92 Å². The summed E-state index contributed by atoms with van der Waals surface area (Å²) >= 11 is 0. The highest BCUT2D eigenvalue weighted by Crippen LogP contribution is 2.28. The van der Waals surface area contributed by atoms with Gasteiger partial charge in [-0.15, -0.1) is 0 Å². The van der Waals surface area contributed by atoms with Gasteiger partial charge in [-0.3, -0.25) is 14.4 Å². The Balaban J connectivity index is 1.48. The van der Waals surface area contributed by atoms with Crippen LogP contribution in [0.5, 0.6) is 0 Å². The molecule has 1 atom stereocenters. The number of benzene rings is 2. The topological polar surface area (TPSA) is 78.5 Å². The maximum atomic E-state index is 13.6. The normalized spacial score (nSPS) is 15.9. The highest BCUT2D eigenvalue weighted by atomic mass is 19.1. The van der Waals surface area contributed by atoms with Crippen molar-refractivity contribution in [1.29, 1.82) is 0 Å². The predicted molar refractivity (Wildman–Crippen MR) is 113 cm³/mol. The van der Waals surface area contributed by atoms with Crippen LogP contribution < -0.4 is 15.5 Å². The summed E-state index contributed by atoms with van der Waals surface area (Å²) in [6.07, 6.45) is 0.973. The van der Waals surface area contributed by atoms with Gasteiger partial charge in [0, 0.05) is 37.3 Å². The van der Waals surface area contributed by atoms with Crippen LogP contribution in [0.25, 0.3) is 0 Å². The van der Waals surface area contributed by atoms with Crippen molar-refractivity contribution >= 4 is 23.4 Å². The molecule has 0 spiro atoms. The molecule has 6 nitrogen and oxygen atoms in total. The van der Waals surface area contributed by atoms with Gasteiger partial charge in [-0.25, -0.2) is 4.39 Å². The van der Waals surface area contributed by atoms with Crippen LogP contribution in [0.1, 0.15) is 34.8 Å². The number of amides is 3. The van der Waals surface area contributed by atoms with Crippen LogP contribution >= 0.6 is 0 Å². The van der Waals surface area contributed by atoms with Crippen LogP contribution in [0.4, 0.5) is 10.1 Å². The number of aryl methyl sites for hydroxylation is 2. The number of rotatable bonds is 7. The van der Waals surface area contributed by atoms with Gasteiger partial charge in [0.25, 0.3) is 5.91 Å². The molecule has 3 rings (SSSR count). The first kappa shape index (κ1) is 21.5. The van der Waals surface area contributed by atoms with Gasteiger partial charge in [0.2, 0.25) is 11.8 Å². The van der Waals surface area contributed by atoms with Crippen molar-refractivity contribution in [2.45, 2.75) is 26.7 Å². The molecule has 2 N–H and O–H groups in total. The number of anilines is 1. The molecule has 0 aromatic heterocycles. The van der Waals surface area contributed by atoms with Crippen LogP contribution in [-0.4, -0.2) is 37.4 Å². The number of nitrogens with zero attached hydrogens (tertiary/aromatic N) is 1. The van der Waals surface area contributed by atoms with E-state index in [4.69, 9.17) is 0 Å². The molecule has 1 unspecified atom stereocenters. The van der Waals surface area contributed by atoms with Gasteiger partial charge in [0.05, 0.1) is 5.92 Å². The van der Waals surface area contributed by atoms with E-state index in [9.17, 15) is 18.8 Å². The number of nitrogens with one attached hydrogen (secondary N) is 2. The van der Waals surface area contributed by atoms with Crippen LogP contribution in [0.15, 0.2) is 42.5 Å². The van der Waals surface area contributed by atoms with Gasteiger partial charge in [-0.2, -0.15) is 0 Å². The molecule has 1 aliphatic heterocycles. The Hall–Kier alpha value is -3.22. The van der Waals surface area contributed by atoms with E-state index >= 15 is 0 Å². The minimum Gasteiger partial charge on any atom is -0.354 e. The fourth-order valence-electron chi connectivity index (χ4n) is 3.53. The summed E-state index contributed by atoms with van der Waals surface area (Å²) in [6, 6.07) is 12.0. The molecule has 0 aliphatic carbocycles. The molecule has 0 bridgehead atoms. The SMILES string of the molecule is CCc1ccccc1N1CC(C(=O)NCCNC(=O)c2ccc(C)c(F)c2)CC1=O. The quantitative estimate of drug-likeness (QED) is 0.688. The molecule has 0 saturated carbocycles. The van der Waals surface area contributed by atoms with Gasteiger partial charge in [0.1, 0.15) is 5.82 Å². The van der Waals surface area contributed by atoms with E-state index in [0.29, 0.717) is 12.1 Å². The van der Waals surface area contributed by atoms with E-state index < -0.39 is 17.6 Å². The smallest absolute Gasteiger partial charge is 0.251 e. The molecule has 158 valence electrons. The standard InChI is InChI=1S/C23H26FN3O3/c1-3-16-6-4-5-7-20(16)27-14-18(13-21(27)28)23(30)26-11-10-25-22(29)17-9-8-15(2)19(24)12-17/h4-9,12,18H,3,10-11,13-14H2,1-2H3,(H,25,29)(H,26,30). The summed E-state index contributed by atoms with van der Waals surface area (Å²) in [4.78, 5) is 38.7. The summed E-state index contributed by atoms with van der Waals surface area (Å²) in [7, 11) is 0. The van der Waals surface area contributed by atoms with Crippen molar-refractivity contribution in [3.8, 4) is 0 Å². The summed E-state index contributed by atoms with van der Waals surface area (Å²) in [6.45, 7) is 4.44. The number of hydrogen-bond donors (Lipinski definition) is 2. The number of halogens is 1. The molecular formula is C23H26FN3O3. The molecule has 30 heavy (non-hydrogen) atoms. The molecule has 1 aliphatic rings. The molecule has 3 amide bonds. The number of carbonyl (C=O) groups excluding carboxylic acids is 3. The average molecular weight is 411 g/mol. The molecular weight excluding hydrogens is 385 g/mol. The van der Waals surface area contributed by atoms with Crippen molar-refractivity contribution in [2.75, 3.05) is 24.5 Å². The zero-order valence-electron chi connectivity index (χ0n) is 17.2. The third-order valence-electron chi connectivity index (χ3n) is 5.30. The van der Waals surface area contributed by atoms with Crippen LogP contribution in [-0.2, 0) is 16.0 Å². The lowest BCUT2D eigenvalue weighted by atomic mass is 10.1. The Labute approximate surface area is 175 Å². The number of para-hydroxylation sites is 1. The molecule has 7 heteroatoms. The van der Waals surface area contributed by atoms with Crippen LogP contribution in [0.3, 0.4) is 0 Å². The van der Waals surface area contributed by atoms with Crippen molar-refractivity contribution in [3.63, 3.8) is 0 Å². The van der Waals surface area contributed by atoms with Gasteiger partial charge < -0.3 is 15.5 Å². The minimum atomic E-state index is -0.434. The summed E-state index contributed by atoms with van der Waals surface area (Å²) in [5, 5.41) is 5.42. The van der Waals surface area contributed by atoms with E-state index in [1.807, 2.05) is 31.2 Å². The summed E-state index contributed by atoms with van der Waals surface area (Å²) in [5.41, 5.74) is 2.64. The predicted octanol–water partition coefficient (Wildman–Crippen LogP) is 2.60. The van der Waals surface area contributed by atoms with Crippen molar-refractivity contribution in [1.82, 2.24) is 10.6 Å². The molecule has 0 radical (unpaired) electrons. The lowest BCUT2D eigenvalue weighted by Crippen LogP contribution is -2.38. The second-order valence-electron chi connectivity index (χ2n) is 7.40. The Morgan fingerprint density at radius 1 is 1.13 bits per heavy atom. The Morgan fingerprint density at radius 2 is 1.87 bits per heavy atom. The zero-order valence-corrected chi connectivity index (χ0v) is 17.2. The Bertz CT molecular complexity index is 960. The van der Waals surface area contributed by atoms with Crippen LogP contribution in [0, 0.1) is 18.7 Å². The van der Waals surface area contributed by atoms with Gasteiger partial charge >= 0.3 is 0 Å². The fraction of sp³-hybridized carbons (Fsp3) is 0.348. The average Bonchev–Trinajstić information content (AvgIpc) is 3.14. The molecule has 1 saturated heterocycles. The Morgan fingerprint density at radius 3 is 2.60 bits per heavy atom. The van der Waals surface area contributed by atoms with Gasteiger partial charge in [-0.05, 0) is 42.7 Å². The molecule has 1 heterocycles. The highest BCUT2D eigenvalue weighted by Gasteiger charge is 2.35. The Kier molecular flexibility index (Phi) is 6.82. The summed E-state index contributed by atoms with van der Waals surface area (Å²) < 4.78 is 13.6. The van der Waals surface area contributed by atoms with E-state index in [1.165, 1.54) is 6.07 Å². The molecule has 2 aromatic rings. The number of hydrogen-bond acceptors (Lipinski definition) is 3. The van der Waals surface area contributed by atoms with E-state index in [0.717, 1.165) is 17.7 Å². The first-order valence-electron chi connectivity index (χ1n) is 10.1. The second-order valence-corrected chi connectivity index (χ2v) is 7.40. The maximum absolute atomic E-state index is 13.6. The van der Waals surface area contributed by atoms with Gasteiger partial charge in [0.15, 0.2) is 0 Å². The molecule has 1 fully saturated rings. The first-order chi connectivity index (χ1) is 14.4. The third-order valence-corrected chi connectivity index (χ3v) is 5.30. The largest absolute Gasteiger partial charge is 0.354 e. The van der Waals surface area contributed by atoms with E-state index in [2.05, 4.69) is 10.6 Å². The second kappa shape index (κ2) is 9.52. The highest BCUT2D eigenvalue weighted by molar-refractivity contribution is 6.00. The molecule has 2 aromatic carbocycles. The van der Waals surface area contributed by atoms with Crippen molar-refractivity contribution < 1.29 is 18.8 Å². The maximum Gasteiger partial charge on any atom is 0.251 e.